The average molecular weight is 300 g/mol. The van der Waals surface area contributed by atoms with Crippen molar-refractivity contribution in [2.75, 3.05) is 0 Å². The van der Waals surface area contributed by atoms with Crippen LogP contribution in [0.1, 0.15) is 22.9 Å². The van der Waals surface area contributed by atoms with Crippen molar-refractivity contribution in [2.45, 2.75) is 6.04 Å². The molecule has 5 nitrogen and oxygen atoms in total. The molecule has 2 aromatic carbocycles. The lowest BCUT2D eigenvalue weighted by Gasteiger charge is -2.15. The van der Waals surface area contributed by atoms with Crippen LogP contribution in [0.2, 0.25) is 0 Å². The molecule has 0 unspecified atom stereocenters. The molecule has 0 radical (unpaired) electrons. The molecule has 4 aromatic rings. The molecule has 0 saturated heterocycles. The monoisotopic (exact) mass is 300 g/mol. The number of rotatable bonds is 3. The average Bonchev–Trinajstić information content (AvgIpc) is 3.25. The molecule has 0 fully saturated rings. The topological polar surface area (TPSA) is 67.6 Å². The van der Waals surface area contributed by atoms with E-state index in [-0.39, 0.29) is 6.04 Å². The zero-order valence-electron chi connectivity index (χ0n) is 12.1. The number of hydrogen-bond acceptors (Lipinski definition) is 4. The van der Waals surface area contributed by atoms with Gasteiger partial charge < -0.3 is 4.42 Å². The maximum atomic E-state index is 8.97. The normalized spacial score (nSPS) is 12.1. The van der Waals surface area contributed by atoms with E-state index in [4.69, 9.17) is 9.68 Å². The molecular formula is C18H12N4O. The van der Waals surface area contributed by atoms with Crippen LogP contribution in [-0.2, 0) is 0 Å². The molecule has 0 aliphatic heterocycles. The van der Waals surface area contributed by atoms with Crippen molar-refractivity contribution >= 4 is 11.0 Å². The van der Waals surface area contributed by atoms with Gasteiger partial charge in [0.15, 0.2) is 0 Å². The van der Waals surface area contributed by atoms with Crippen molar-refractivity contribution < 1.29 is 4.42 Å². The first-order valence-corrected chi connectivity index (χ1v) is 7.18. The molecule has 5 heteroatoms. The second kappa shape index (κ2) is 5.43. The predicted molar refractivity (Wildman–Crippen MR) is 84.6 cm³/mol. The van der Waals surface area contributed by atoms with Gasteiger partial charge in [0.2, 0.25) is 0 Å². The van der Waals surface area contributed by atoms with E-state index >= 15 is 0 Å². The molecule has 0 saturated carbocycles. The van der Waals surface area contributed by atoms with Crippen LogP contribution in [0.5, 0.6) is 0 Å². The summed E-state index contributed by atoms with van der Waals surface area (Å²) in [5, 5.41) is 14.3. The molecule has 1 atom stereocenters. The Morgan fingerprint density at radius 3 is 2.61 bits per heavy atom. The summed E-state index contributed by atoms with van der Waals surface area (Å²) in [5.41, 5.74) is 2.44. The Morgan fingerprint density at radius 2 is 1.91 bits per heavy atom. The van der Waals surface area contributed by atoms with Gasteiger partial charge in [-0.15, -0.1) is 0 Å². The molecule has 110 valence electrons. The van der Waals surface area contributed by atoms with E-state index in [9.17, 15) is 0 Å². The summed E-state index contributed by atoms with van der Waals surface area (Å²) >= 11 is 0. The van der Waals surface area contributed by atoms with Gasteiger partial charge in [0.1, 0.15) is 30.0 Å². The zero-order valence-corrected chi connectivity index (χ0v) is 12.1. The molecule has 4 rings (SSSR count). The van der Waals surface area contributed by atoms with E-state index in [0.717, 1.165) is 22.3 Å². The highest BCUT2D eigenvalue weighted by Gasteiger charge is 2.21. The maximum Gasteiger partial charge on any atom is 0.137 e. The number of aromatic nitrogens is 3. The number of fused-ring (bicyclic) bond motifs is 1. The molecule has 2 aromatic heterocycles. The third-order valence-electron chi connectivity index (χ3n) is 3.77. The van der Waals surface area contributed by atoms with E-state index in [1.165, 1.54) is 6.33 Å². The van der Waals surface area contributed by atoms with E-state index in [1.807, 2.05) is 42.5 Å². The predicted octanol–water partition coefficient (Wildman–Crippen LogP) is 3.53. The molecule has 0 aliphatic rings. The largest absolute Gasteiger partial charge is 0.458 e. The SMILES string of the molecule is N#Cc1ccc([C@@H](c2cc3ccccc3o2)n2cncn2)cc1. The van der Waals surface area contributed by atoms with Crippen LogP contribution in [0.25, 0.3) is 11.0 Å². The van der Waals surface area contributed by atoms with Crippen molar-refractivity contribution in [3.05, 3.63) is 84.1 Å². The first-order valence-electron chi connectivity index (χ1n) is 7.18. The highest BCUT2D eigenvalue weighted by molar-refractivity contribution is 5.78. The highest BCUT2D eigenvalue weighted by Crippen LogP contribution is 2.30. The summed E-state index contributed by atoms with van der Waals surface area (Å²) < 4.78 is 7.76. The van der Waals surface area contributed by atoms with Crippen LogP contribution in [0.15, 0.2) is 71.7 Å². The van der Waals surface area contributed by atoms with E-state index in [0.29, 0.717) is 5.56 Å². The third kappa shape index (κ3) is 2.36. The van der Waals surface area contributed by atoms with Crippen LogP contribution in [0.4, 0.5) is 0 Å². The van der Waals surface area contributed by atoms with Gasteiger partial charge in [-0.2, -0.15) is 10.4 Å². The minimum atomic E-state index is -0.224. The number of para-hydroxylation sites is 1. The Hall–Kier alpha value is -3.39. The summed E-state index contributed by atoms with van der Waals surface area (Å²) in [6.07, 6.45) is 3.16. The fourth-order valence-electron chi connectivity index (χ4n) is 2.68. The lowest BCUT2D eigenvalue weighted by molar-refractivity contribution is 0.463. The van der Waals surface area contributed by atoms with Crippen molar-refractivity contribution in [1.82, 2.24) is 14.8 Å². The molecule has 0 bridgehead atoms. The maximum absolute atomic E-state index is 8.97. The van der Waals surface area contributed by atoms with Gasteiger partial charge in [-0.25, -0.2) is 9.67 Å². The minimum Gasteiger partial charge on any atom is -0.458 e. The number of benzene rings is 2. The van der Waals surface area contributed by atoms with Gasteiger partial charge in [0.05, 0.1) is 11.6 Å². The molecule has 0 N–H and O–H groups in total. The van der Waals surface area contributed by atoms with Crippen molar-refractivity contribution in [3.63, 3.8) is 0 Å². The summed E-state index contributed by atoms with van der Waals surface area (Å²) in [6, 6.07) is 19.2. The van der Waals surface area contributed by atoms with Crippen LogP contribution < -0.4 is 0 Å². The van der Waals surface area contributed by atoms with Crippen LogP contribution in [0, 0.1) is 11.3 Å². The molecule has 2 heterocycles. The Bertz CT molecular complexity index is 945. The number of nitrogens with zero attached hydrogens (tertiary/aromatic N) is 4. The van der Waals surface area contributed by atoms with E-state index < -0.39 is 0 Å². The number of furan rings is 1. The van der Waals surface area contributed by atoms with Gasteiger partial charge >= 0.3 is 0 Å². The molecular weight excluding hydrogens is 288 g/mol. The van der Waals surface area contributed by atoms with E-state index in [2.05, 4.69) is 16.2 Å². The molecule has 0 amide bonds. The Labute approximate surface area is 132 Å². The van der Waals surface area contributed by atoms with Crippen molar-refractivity contribution in [2.24, 2.45) is 0 Å². The third-order valence-corrected chi connectivity index (χ3v) is 3.77. The second-order valence-corrected chi connectivity index (χ2v) is 5.20. The Balaban J connectivity index is 1.86. The van der Waals surface area contributed by atoms with Gasteiger partial charge in [-0.1, -0.05) is 30.3 Å². The quantitative estimate of drug-likeness (QED) is 0.580. The highest BCUT2D eigenvalue weighted by atomic mass is 16.3. The first-order chi connectivity index (χ1) is 11.3. The Kier molecular flexibility index (Phi) is 3.13. The summed E-state index contributed by atoms with van der Waals surface area (Å²) in [6.45, 7) is 0. The fourth-order valence-corrected chi connectivity index (χ4v) is 2.68. The lowest BCUT2D eigenvalue weighted by Crippen LogP contribution is -2.12. The van der Waals surface area contributed by atoms with Crippen LogP contribution in [-0.4, -0.2) is 14.8 Å². The van der Waals surface area contributed by atoms with Gasteiger partial charge in [-0.05, 0) is 29.8 Å². The van der Waals surface area contributed by atoms with E-state index in [1.54, 1.807) is 23.1 Å². The zero-order chi connectivity index (χ0) is 15.6. The second-order valence-electron chi connectivity index (χ2n) is 5.20. The van der Waals surface area contributed by atoms with Crippen LogP contribution in [0.3, 0.4) is 0 Å². The lowest BCUT2D eigenvalue weighted by atomic mass is 10.0. The molecule has 0 spiro atoms. The number of hydrogen-bond donors (Lipinski definition) is 0. The Morgan fingerprint density at radius 1 is 1.09 bits per heavy atom. The first kappa shape index (κ1) is 13.3. The molecule has 23 heavy (non-hydrogen) atoms. The summed E-state index contributed by atoms with van der Waals surface area (Å²) in [5.74, 6) is 0.779. The standard InChI is InChI=1S/C18H12N4O/c19-10-13-5-7-14(8-6-13)18(22-12-20-11-21-22)17-9-15-3-1-2-4-16(15)23-17/h1-9,11-12,18H/t18-/m0/s1. The van der Waals surface area contributed by atoms with Gasteiger partial charge in [0, 0.05) is 5.39 Å². The minimum absolute atomic E-state index is 0.224. The van der Waals surface area contributed by atoms with Crippen molar-refractivity contribution in [1.29, 1.82) is 5.26 Å². The summed E-state index contributed by atoms with van der Waals surface area (Å²) in [7, 11) is 0. The fraction of sp³-hybridized carbons (Fsp3) is 0.0556. The summed E-state index contributed by atoms with van der Waals surface area (Å²) in [4.78, 5) is 4.04. The smallest absolute Gasteiger partial charge is 0.137 e. The number of nitriles is 1. The van der Waals surface area contributed by atoms with Gasteiger partial charge in [0.25, 0.3) is 0 Å². The van der Waals surface area contributed by atoms with Crippen LogP contribution >= 0.6 is 0 Å². The van der Waals surface area contributed by atoms with Gasteiger partial charge in [-0.3, -0.25) is 0 Å². The van der Waals surface area contributed by atoms with Crippen molar-refractivity contribution in [3.8, 4) is 6.07 Å². The molecule has 0 aliphatic carbocycles.